The average molecular weight is 335 g/mol. The second-order valence-corrected chi connectivity index (χ2v) is 4.16. The Morgan fingerprint density at radius 1 is 0.905 bits per heavy atom. The third kappa shape index (κ3) is 3.71. The van der Waals surface area contributed by atoms with E-state index in [1.54, 1.807) is 0 Å². The Morgan fingerprint density at radius 3 is 1.67 bits per heavy atom. The van der Waals surface area contributed by atoms with Gasteiger partial charge in [0.1, 0.15) is 6.61 Å². The second-order valence-electron chi connectivity index (χ2n) is 4.16. The summed E-state index contributed by atoms with van der Waals surface area (Å²) >= 11 is 0. The molecule has 0 radical (unpaired) electrons. The number of carbonyl (C=O) groups is 1. The molecule has 0 heterocycles. The van der Waals surface area contributed by atoms with Gasteiger partial charge in [0, 0.05) is 6.54 Å². The van der Waals surface area contributed by atoms with E-state index in [1.807, 2.05) is 0 Å². The van der Waals surface area contributed by atoms with Crippen molar-refractivity contribution >= 4 is 5.97 Å². The van der Waals surface area contributed by atoms with Gasteiger partial charge in [-0.15, -0.1) is 0 Å². The predicted molar refractivity (Wildman–Crippen MR) is 50.4 cm³/mol. The largest absolute Gasteiger partial charge is 0.460 e. The summed E-state index contributed by atoms with van der Waals surface area (Å²) in [6, 6.07) is 0. The quantitative estimate of drug-likeness (QED) is 0.552. The van der Waals surface area contributed by atoms with Gasteiger partial charge in [0.05, 0.1) is 0 Å². The summed E-state index contributed by atoms with van der Waals surface area (Å²) in [4.78, 5) is 12.0. The van der Waals surface area contributed by atoms with Crippen LogP contribution in [-0.2, 0) is 9.53 Å². The lowest BCUT2D eigenvalue weighted by Crippen LogP contribution is -2.63. The Morgan fingerprint density at radius 2 is 1.33 bits per heavy atom. The zero-order valence-corrected chi connectivity index (χ0v) is 10.6. The van der Waals surface area contributed by atoms with E-state index in [0.717, 1.165) is 0 Å². The number of carbonyl (C=O) groups excluding carboxylic acids is 1. The van der Waals surface area contributed by atoms with Crippen LogP contribution in [0.3, 0.4) is 0 Å². The number of hydrogen-bond donors (Lipinski definition) is 0. The van der Waals surface area contributed by atoms with Crippen LogP contribution in [0.15, 0.2) is 0 Å². The summed E-state index contributed by atoms with van der Waals surface area (Å²) < 4.78 is 115. The maximum absolute atomic E-state index is 12.9. The van der Waals surface area contributed by atoms with E-state index in [1.165, 1.54) is 19.0 Å². The number of esters is 1. The fourth-order valence-corrected chi connectivity index (χ4v) is 0.915. The normalized spacial score (nSPS) is 14.5. The smallest absolute Gasteiger partial charge is 0.460 e. The van der Waals surface area contributed by atoms with Crippen LogP contribution in [0, 0.1) is 0 Å². The van der Waals surface area contributed by atoms with Crippen molar-refractivity contribution in [2.45, 2.75) is 23.9 Å². The molecule has 0 atom stereocenters. The average Bonchev–Trinajstić information content (AvgIpc) is 2.26. The van der Waals surface area contributed by atoms with E-state index in [-0.39, 0.29) is 6.54 Å². The molecule has 0 fully saturated rings. The van der Waals surface area contributed by atoms with E-state index >= 15 is 0 Å². The number of rotatable bonds is 6. The zero-order valence-electron chi connectivity index (χ0n) is 10.6. The molecule has 0 aromatic heterocycles. The maximum Gasteiger partial charge on any atom is 0.460 e. The SMILES string of the molecule is CN(C)CCOC(=O)C(F)(F)C(F)(F)C(F)(F)C(F)(F)F. The number of hydrogen-bond acceptors (Lipinski definition) is 3. The first-order valence-electron chi connectivity index (χ1n) is 5.11. The Kier molecular flexibility index (Phi) is 5.55. The standard InChI is InChI=1S/C9H10F9NO2/c1-19(2)3-4-21-5(20)6(10,11)7(12,13)8(14,15)9(16,17)18/h3-4H2,1-2H3. The molecular weight excluding hydrogens is 325 g/mol. The molecule has 12 heteroatoms. The lowest BCUT2D eigenvalue weighted by atomic mass is 10.0. The van der Waals surface area contributed by atoms with Gasteiger partial charge in [0.2, 0.25) is 0 Å². The van der Waals surface area contributed by atoms with Crippen molar-refractivity contribution < 1.29 is 49.0 Å². The Labute approximate surface area is 112 Å². The van der Waals surface area contributed by atoms with Crippen molar-refractivity contribution in [2.24, 2.45) is 0 Å². The number of nitrogens with zero attached hydrogens (tertiary/aromatic N) is 1. The molecule has 0 N–H and O–H groups in total. The molecule has 0 unspecified atom stereocenters. The van der Waals surface area contributed by atoms with Crippen LogP contribution in [0.5, 0.6) is 0 Å². The lowest BCUT2D eigenvalue weighted by Gasteiger charge is -2.32. The highest BCUT2D eigenvalue weighted by Crippen LogP contribution is 2.53. The molecule has 0 amide bonds. The molecular formula is C9H10F9NO2. The van der Waals surface area contributed by atoms with Gasteiger partial charge in [-0.3, -0.25) is 0 Å². The second kappa shape index (κ2) is 5.89. The fourth-order valence-electron chi connectivity index (χ4n) is 0.915. The Balaban J connectivity index is 5.24. The van der Waals surface area contributed by atoms with Gasteiger partial charge in [-0.25, -0.2) is 4.79 Å². The molecule has 0 aliphatic heterocycles. The van der Waals surface area contributed by atoms with Crippen molar-refractivity contribution in [3.63, 3.8) is 0 Å². The fraction of sp³-hybridized carbons (Fsp3) is 0.889. The van der Waals surface area contributed by atoms with Crippen LogP contribution in [0.1, 0.15) is 0 Å². The molecule has 21 heavy (non-hydrogen) atoms. The topological polar surface area (TPSA) is 29.5 Å². The monoisotopic (exact) mass is 335 g/mol. The zero-order chi connectivity index (χ0) is 17.3. The highest BCUT2D eigenvalue weighted by Gasteiger charge is 2.84. The van der Waals surface area contributed by atoms with Crippen LogP contribution in [-0.4, -0.2) is 62.1 Å². The first-order chi connectivity index (χ1) is 9.09. The summed E-state index contributed by atoms with van der Waals surface area (Å²) in [6.45, 7) is -1.13. The molecule has 0 aliphatic rings. The molecule has 0 aliphatic carbocycles. The highest BCUT2D eigenvalue weighted by molar-refractivity contribution is 5.79. The van der Waals surface area contributed by atoms with Crippen molar-refractivity contribution in [1.82, 2.24) is 4.90 Å². The number of likely N-dealkylation sites (N-methyl/N-ethyl adjacent to an activating group) is 1. The molecule has 0 bridgehead atoms. The van der Waals surface area contributed by atoms with Gasteiger partial charge in [-0.05, 0) is 14.1 Å². The van der Waals surface area contributed by atoms with Crippen LogP contribution < -0.4 is 0 Å². The minimum Gasteiger partial charge on any atom is -0.460 e. The van der Waals surface area contributed by atoms with E-state index in [4.69, 9.17) is 0 Å². The van der Waals surface area contributed by atoms with Crippen molar-refractivity contribution in [3.8, 4) is 0 Å². The van der Waals surface area contributed by atoms with Crippen molar-refractivity contribution in [3.05, 3.63) is 0 Å². The third-order valence-corrected chi connectivity index (χ3v) is 2.17. The molecule has 0 saturated heterocycles. The molecule has 0 aromatic carbocycles. The lowest BCUT2D eigenvalue weighted by molar-refractivity contribution is -0.390. The first-order valence-corrected chi connectivity index (χ1v) is 5.11. The van der Waals surface area contributed by atoms with E-state index in [9.17, 15) is 44.3 Å². The van der Waals surface area contributed by atoms with E-state index in [2.05, 4.69) is 4.74 Å². The maximum atomic E-state index is 12.9. The summed E-state index contributed by atoms with van der Waals surface area (Å²) in [5.74, 6) is -23.6. The molecule has 0 spiro atoms. The summed E-state index contributed by atoms with van der Waals surface area (Å²) in [5.41, 5.74) is 0. The van der Waals surface area contributed by atoms with Crippen LogP contribution in [0.25, 0.3) is 0 Å². The first kappa shape index (κ1) is 19.8. The van der Waals surface area contributed by atoms with Gasteiger partial charge in [-0.1, -0.05) is 0 Å². The summed E-state index contributed by atoms with van der Waals surface area (Å²) in [6.07, 6.45) is -6.97. The number of halogens is 9. The van der Waals surface area contributed by atoms with Gasteiger partial charge >= 0.3 is 29.9 Å². The Hall–Kier alpha value is -1.20. The highest BCUT2D eigenvalue weighted by atomic mass is 19.4. The number of ether oxygens (including phenoxy) is 1. The minimum atomic E-state index is -7.11. The van der Waals surface area contributed by atoms with Gasteiger partial charge in [-0.2, -0.15) is 39.5 Å². The third-order valence-electron chi connectivity index (χ3n) is 2.17. The van der Waals surface area contributed by atoms with Crippen molar-refractivity contribution in [1.29, 1.82) is 0 Å². The summed E-state index contributed by atoms with van der Waals surface area (Å²) in [5, 5.41) is 0. The molecule has 0 rings (SSSR count). The number of alkyl halides is 9. The molecule has 126 valence electrons. The minimum absolute atomic E-state index is 0.233. The predicted octanol–water partition coefficient (Wildman–Crippen LogP) is 2.56. The summed E-state index contributed by atoms with van der Waals surface area (Å²) in [7, 11) is 2.75. The van der Waals surface area contributed by atoms with Gasteiger partial charge in [0.25, 0.3) is 0 Å². The van der Waals surface area contributed by atoms with Crippen LogP contribution in [0.4, 0.5) is 39.5 Å². The van der Waals surface area contributed by atoms with Crippen LogP contribution >= 0.6 is 0 Å². The van der Waals surface area contributed by atoms with Crippen LogP contribution in [0.2, 0.25) is 0 Å². The molecule has 3 nitrogen and oxygen atoms in total. The van der Waals surface area contributed by atoms with Gasteiger partial charge < -0.3 is 9.64 Å². The van der Waals surface area contributed by atoms with E-state index in [0.29, 0.717) is 0 Å². The Bertz CT molecular complexity index is 378. The van der Waals surface area contributed by atoms with Crippen molar-refractivity contribution in [2.75, 3.05) is 27.2 Å². The van der Waals surface area contributed by atoms with E-state index < -0.39 is 36.5 Å². The molecule has 0 saturated carbocycles. The van der Waals surface area contributed by atoms with Gasteiger partial charge in [0.15, 0.2) is 0 Å². The molecule has 0 aromatic rings.